The number of benzene rings is 1. The van der Waals surface area contributed by atoms with Crippen LogP contribution in [0.1, 0.15) is 37.8 Å². The maximum absolute atomic E-state index is 14.9. The first kappa shape index (κ1) is 12.6. The summed E-state index contributed by atoms with van der Waals surface area (Å²) in [6.45, 7) is 2.12. The van der Waals surface area contributed by atoms with E-state index in [4.69, 9.17) is 0 Å². The Morgan fingerprint density at radius 2 is 2.05 bits per heavy atom. The average molecular weight is 262 g/mol. The van der Waals surface area contributed by atoms with Gasteiger partial charge in [-0.2, -0.15) is 0 Å². The molecule has 2 N–H and O–H groups in total. The van der Waals surface area contributed by atoms with Gasteiger partial charge in [0.1, 0.15) is 5.54 Å². The van der Waals surface area contributed by atoms with Gasteiger partial charge in [-0.3, -0.25) is 10.1 Å². The maximum atomic E-state index is 14.9. The van der Waals surface area contributed by atoms with Crippen molar-refractivity contribution in [3.8, 4) is 0 Å². The van der Waals surface area contributed by atoms with Crippen LogP contribution in [0.15, 0.2) is 30.3 Å². The van der Waals surface area contributed by atoms with Crippen LogP contribution in [0.25, 0.3) is 0 Å². The van der Waals surface area contributed by atoms with E-state index in [2.05, 4.69) is 10.6 Å². The van der Waals surface area contributed by atoms with Gasteiger partial charge in [-0.1, -0.05) is 30.3 Å². The normalized spacial score (nSPS) is 34.9. The molecule has 1 aromatic carbocycles. The van der Waals surface area contributed by atoms with Gasteiger partial charge in [0.2, 0.25) is 5.91 Å². The Bertz CT molecular complexity index is 492. The minimum atomic E-state index is -1.44. The Labute approximate surface area is 112 Å². The summed E-state index contributed by atoms with van der Waals surface area (Å²) in [5.41, 5.74) is -1.40. The molecule has 3 atom stereocenters. The third kappa shape index (κ3) is 1.77. The second-order valence-electron chi connectivity index (χ2n) is 5.68. The Balaban J connectivity index is 1.87. The standard InChI is InChI=1S/C15H19FN2O/c1-11(12-6-3-2-4-7-12)18-15-9-5-8-14(15,16)10-17-13(15)19/h2-4,6-7,11,18H,5,8-10H2,1H3,(H,17,19)/t11-,14+,15+/m0/s1. The number of amides is 1. The molecule has 1 amide bonds. The number of nitrogens with one attached hydrogen (secondary N) is 2. The first-order valence-electron chi connectivity index (χ1n) is 6.87. The molecular formula is C15H19FN2O. The number of carbonyl (C=O) groups excluding carboxylic acids is 1. The molecule has 3 nitrogen and oxygen atoms in total. The molecule has 0 spiro atoms. The highest BCUT2D eigenvalue weighted by Crippen LogP contribution is 2.46. The predicted molar refractivity (Wildman–Crippen MR) is 71.4 cm³/mol. The van der Waals surface area contributed by atoms with Crippen molar-refractivity contribution in [2.24, 2.45) is 0 Å². The molecule has 0 unspecified atom stereocenters. The molecule has 1 saturated carbocycles. The van der Waals surface area contributed by atoms with E-state index >= 15 is 0 Å². The first-order chi connectivity index (χ1) is 9.07. The monoisotopic (exact) mass is 262 g/mol. The van der Waals surface area contributed by atoms with E-state index in [-0.39, 0.29) is 18.5 Å². The van der Waals surface area contributed by atoms with E-state index in [1.165, 1.54) is 0 Å². The molecular weight excluding hydrogens is 243 g/mol. The van der Waals surface area contributed by atoms with Gasteiger partial charge in [0.15, 0.2) is 5.67 Å². The van der Waals surface area contributed by atoms with Crippen LogP contribution < -0.4 is 10.6 Å². The third-order valence-electron chi connectivity index (χ3n) is 4.57. The Morgan fingerprint density at radius 3 is 2.79 bits per heavy atom. The van der Waals surface area contributed by atoms with Gasteiger partial charge in [-0.15, -0.1) is 0 Å². The van der Waals surface area contributed by atoms with Crippen LogP contribution in [-0.4, -0.2) is 23.7 Å². The summed E-state index contributed by atoms with van der Waals surface area (Å²) in [5.74, 6) is -0.185. The smallest absolute Gasteiger partial charge is 0.243 e. The van der Waals surface area contributed by atoms with Crippen LogP contribution in [0.2, 0.25) is 0 Å². The lowest BCUT2D eigenvalue weighted by Crippen LogP contribution is -2.59. The van der Waals surface area contributed by atoms with Crippen LogP contribution in [0.5, 0.6) is 0 Å². The van der Waals surface area contributed by atoms with Gasteiger partial charge in [0.05, 0.1) is 6.54 Å². The van der Waals surface area contributed by atoms with E-state index in [0.717, 1.165) is 12.0 Å². The van der Waals surface area contributed by atoms with E-state index < -0.39 is 11.2 Å². The molecule has 1 saturated heterocycles. The Kier molecular flexibility index (Phi) is 2.86. The second kappa shape index (κ2) is 4.30. The van der Waals surface area contributed by atoms with E-state index in [9.17, 15) is 9.18 Å². The summed E-state index contributed by atoms with van der Waals surface area (Å²) < 4.78 is 14.9. The van der Waals surface area contributed by atoms with Crippen LogP contribution in [-0.2, 0) is 4.79 Å². The fourth-order valence-electron chi connectivity index (χ4n) is 3.46. The summed E-state index contributed by atoms with van der Waals surface area (Å²) in [4.78, 5) is 12.1. The largest absolute Gasteiger partial charge is 0.351 e. The number of alkyl halides is 1. The van der Waals surface area contributed by atoms with Gasteiger partial charge in [0, 0.05) is 6.04 Å². The minimum absolute atomic E-state index is 0.0433. The molecule has 19 heavy (non-hydrogen) atoms. The van der Waals surface area contributed by atoms with Gasteiger partial charge in [-0.05, 0) is 31.7 Å². The number of hydrogen-bond donors (Lipinski definition) is 2. The lowest BCUT2D eigenvalue weighted by Gasteiger charge is -2.35. The van der Waals surface area contributed by atoms with E-state index in [1.807, 2.05) is 37.3 Å². The Hall–Kier alpha value is -1.42. The zero-order valence-electron chi connectivity index (χ0n) is 11.1. The highest BCUT2D eigenvalue weighted by atomic mass is 19.1. The van der Waals surface area contributed by atoms with Crippen molar-refractivity contribution >= 4 is 5.91 Å². The van der Waals surface area contributed by atoms with Gasteiger partial charge < -0.3 is 5.32 Å². The summed E-state index contributed by atoms with van der Waals surface area (Å²) >= 11 is 0. The van der Waals surface area contributed by atoms with Crippen molar-refractivity contribution in [3.05, 3.63) is 35.9 Å². The molecule has 1 aromatic rings. The van der Waals surface area contributed by atoms with Crippen molar-refractivity contribution in [3.63, 3.8) is 0 Å². The maximum Gasteiger partial charge on any atom is 0.243 e. The van der Waals surface area contributed by atoms with Crippen molar-refractivity contribution in [2.75, 3.05) is 6.54 Å². The molecule has 102 valence electrons. The topological polar surface area (TPSA) is 41.1 Å². The first-order valence-corrected chi connectivity index (χ1v) is 6.87. The lowest BCUT2D eigenvalue weighted by molar-refractivity contribution is -0.127. The summed E-state index contributed by atoms with van der Waals surface area (Å²) in [6.07, 6.45) is 1.80. The molecule has 4 heteroatoms. The highest BCUT2D eigenvalue weighted by Gasteiger charge is 2.64. The van der Waals surface area contributed by atoms with Crippen molar-refractivity contribution < 1.29 is 9.18 Å². The zero-order valence-corrected chi connectivity index (χ0v) is 11.1. The molecule has 0 radical (unpaired) electrons. The molecule has 2 aliphatic rings. The summed E-state index contributed by atoms with van der Waals surface area (Å²) in [5, 5.41) is 5.96. The SMILES string of the molecule is C[C@H](N[C@@]12CCC[C@@]1(F)CNC2=O)c1ccccc1. The molecule has 1 aliphatic heterocycles. The lowest BCUT2D eigenvalue weighted by atomic mass is 9.85. The van der Waals surface area contributed by atoms with Crippen LogP contribution in [0.3, 0.4) is 0 Å². The number of halogens is 1. The van der Waals surface area contributed by atoms with Gasteiger partial charge in [0.25, 0.3) is 0 Å². The minimum Gasteiger partial charge on any atom is -0.351 e. The van der Waals surface area contributed by atoms with Crippen molar-refractivity contribution in [2.45, 2.75) is 43.4 Å². The highest BCUT2D eigenvalue weighted by molar-refractivity contribution is 5.91. The number of fused-ring (bicyclic) bond motifs is 1. The molecule has 1 heterocycles. The fourth-order valence-corrected chi connectivity index (χ4v) is 3.46. The summed E-state index contributed by atoms with van der Waals surface area (Å²) in [7, 11) is 0. The molecule has 2 fully saturated rings. The van der Waals surface area contributed by atoms with Crippen molar-refractivity contribution in [1.29, 1.82) is 0 Å². The molecule has 0 bridgehead atoms. The van der Waals surface area contributed by atoms with E-state index in [0.29, 0.717) is 12.8 Å². The quantitative estimate of drug-likeness (QED) is 0.876. The zero-order chi connectivity index (χ0) is 13.5. The molecule has 3 rings (SSSR count). The predicted octanol–water partition coefficient (Wildman–Crippen LogP) is 2.10. The van der Waals surface area contributed by atoms with Crippen LogP contribution in [0, 0.1) is 0 Å². The number of carbonyl (C=O) groups is 1. The van der Waals surface area contributed by atoms with Gasteiger partial charge in [-0.25, -0.2) is 4.39 Å². The summed E-state index contributed by atoms with van der Waals surface area (Å²) in [6, 6.07) is 9.81. The number of rotatable bonds is 3. The average Bonchev–Trinajstić information content (AvgIpc) is 2.86. The third-order valence-corrected chi connectivity index (χ3v) is 4.57. The fraction of sp³-hybridized carbons (Fsp3) is 0.533. The Morgan fingerprint density at radius 1 is 1.32 bits per heavy atom. The number of hydrogen-bond acceptors (Lipinski definition) is 2. The van der Waals surface area contributed by atoms with Crippen LogP contribution >= 0.6 is 0 Å². The van der Waals surface area contributed by atoms with Crippen LogP contribution in [0.4, 0.5) is 4.39 Å². The molecule has 0 aromatic heterocycles. The second-order valence-corrected chi connectivity index (χ2v) is 5.68. The van der Waals surface area contributed by atoms with Crippen molar-refractivity contribution in [1.82, 2.24) is 10.6 Å². The van der Waals surface area contributed by atoms with Gasteiger partial charge >= 0.3 is 0 Å². The molecule has 1 aliphatic carbocycles. The van der Waals surface area contributed by atoms with E-state index in [1.54, 1.807) is 0 Å².